The number of hydrogen-bond donors (Lipinski definition) is 4. The number of amides is 1. The number of rotatable bonds is 6. The van der Waals surface area contributed by atoms with Crippen LogP contribution >= 0.6 is 0 Å². The van der Waals surface area contributed by atoms with Crippen molar-refractivity contribution in [1.82, 2.24) is 0 Å². The van der Waals surface area contributed by atoms with E-state index in [2.05, 4.69) is 16.0 Å². The predicted octanol–water partition coefficient (Wildman–Crippen LogP) is 6.01. The molecule has 0 unspecified atom stereocenters. The molecular weight excluding hydrogens is 372 g/mol. The minimum Gasteiger partial charge on any atom is -0.399 e. The van der Waals surface area contributed by atoms with Gasteiger partial charge in [-0.15, -0.1) is 0 Å². The summed E-state index contributed by atoms with van der Waals surface area (Å²) in [6, 6.07) is 32.3. The zero-order valence-electron chi connectivity index (χ0n) is 16.3. The van der Waals surface area contributed by atoms with E-state index in [9.17, 15) is 4.79 Å². The Kier molecular flexibility index (Phi) is 5.62. The van der Waals surface area contributed by atoms with E-state index in [-0.39, 0.29) is 5.91 Å². The van der Waals surface area contributed by atoms with Gasteiger partial charge >= 0.3 is 0 Å². The number of hydrogen-bond acceptors (Lipinski definition) is 4. The van der Waals surface area contributed by atoms with Gasteiger partial charge in [-0.05, 0) is 66.7 Å². The molecule has 148 valence electrons. The van der Waals surface area contributed by atoms with Crippen LogP contribution in [0.5, 0.6) is 0 Å². The largest absolute Gasteiger partial charge is 0.399 e. The minimum absolute atomic E-state index is 0.178. The van der Waals surface area contributed by atoms with Crippen LogP contribution in [0.4, 0.5) is 34.1 Å². The Morgan fingerprint density at radius 3 is 1.90 bits per heavy atom. The lowest BCUT2D eigenvalue weighted by molar-refractivity contribution is 0.102. The molecule has 0 heterocycles. The lowest BCUT2D eigenvalue weighted by atomic mass is 10.1. The fourth-order valence-electron chi connectivity index (χ4n) is 3.09. The van der Waals surface area contributed by atoms with Crippen molar-refractivity contribution in [2.45, 2.75) is 0 Å². The van der Waals surface area contributed by atoms with Crippen LogP contribution in [0.2, 0.25) is 0 Å². The van der Waals surface area contributed by atoms with Crippen LogP contribution in [-0.4, -0.2) is 5.91 Å². The molecule has 1 amide bonds. The van der Waals surface area contributed by atoms with Gasteiger partial charge in [0, 0.05) is 39.7 Å². The van der Waals surface area contributed by atoms with Crippen molar-refractivity contribution in [3.63, 3.8) is 0 Å². The molecule has 0 bridgehead atoms. The highest BCUT2D eigenvalue weighted by Gasteiger charge is 2.08. The van der Waals surface area contributed by atoms with Crippen LogP contribution in [0.3, 0.4) is 0 Å². The van der Waals surface area contributed by atoms with Gasteiger partial charge in [-0.1, -0.05) is 36.4 Å². The zero-order valence-corrected chi connectivity index (χ0v) is 16.3. The number of carbonyl (C=O) groups excluding carboxylic acids is 1. The van der Waals surface area contributed by atoms with Crippen LogP contribution in [0.1, 0.15) is 10.4 Å². The Balaban J connectivity index is 1.46. The van der Waals surface area contributed by atoms with Crippen LogP contribution in [0, 0.1) is 0 Å². The summed E-state index contributed by atoms with van der Waals surface area (Å²) in [5, 5.41) is 9.55. The van der Waals surface area contributed by atoms with Gasteiger partial charge in [0.1, 0.15) is 0 Å². The molecule has 4 aromatic rings. The first-order valence-electron chi connectivity index (χ1n) is 9.62. The van der Waals surface area contributed by atoms with E-state index in [1.807, 2.05) is 97.1 Å². The molecular formula is C25H22N4O. The van der Waals surface area contributed by atoms with Crippen molar-refractivity contribution in [2.24, 2.45) is 0 Å². The second-order valence-corrected chi connectivity index (χ2v) is 6.86. The molecule has 0 aliphatic heterocycles. The summed E-state index contributed by atoms with van der Waals surface area (Å²) in [4.78, 5) is 12.8. The van der Waals surface area contributed by atoms with Crippen LogP contribution in [0.15, 0.2) is 103 Å². The van der Waals surface area contributed by atoms with Gasteiger partial charge < -0.3 is 21.7 Å². The van der Waals surface area contributed by atoms with E-state index < -0.39 is 0 Å². The summed E-state index contributed by atoms with van der Waals surface area (Å²) >= 11 is 0. The molecule has 0 saturated carbocycles. The minimum atomic E-state index is -0.178. The van der Waals surface area contributed by atoms with Gasteiger partial charge in [0.25, 0.3) is 5.91 Å². The summed E-state index contributed by atoms with van der Waals surface area (Å²) in [5.74, 6) is -0.178. The number of para-hydroxylation sites is 1. The van der Waals surface area contributed by atoms with Crippen molar-refractivity contribution >= 4 is 40.0 Å². The van der Waals surface area contributed by atoms with Crippen molar-refractivity contribution in [2.75, 3.05) is 21.7 Å². The topological polar surface area (TPSA) is 79.2 Å². The summed E-state index contributed by atoms with van der Waals surface area (Å²) < 4.78 is 0. The monoisotopic (exact) mass is 394 g/mol. The highest BCUT2D eigenvalue weighted by Crippen LogP contribution is 2.22. The molecule has 0 aromatic heterocycles. The smallest absolute Gasteiger partial charge is 0.255 e. The summed E-state index contributed by atoms with van der Waals surface area (Å²) in [7, 11) is 0. The molecule has 5 nitrogen and oxygen atoms in total. The maximum Gasteiger partial charge on any atom is 0.255 e. The Labute approximate surface area is 175 Å². The van der Waals surface area contributed by atoms with Crippen molar-refractivity contribution in [1.29, 1.82) is 0 Å². The average Bonchev–Trinajstić information content (AvgIpc) is 2.75. The number of nitrogen functional groups attached to an aromatic ring is 1. The van der Waals surface area contributed by atoms with Crippen LogP contribution in [0.25, 0.3) is 0 Å². The number of benzene rings is 4. The fourth-order valence-corrected chi connectivity index (χ4v) is 3.09. The Bertz CT molecular complexity index is 1160. The molecule has 0 atom stereocenters. The van der Waals surface area contributed by atoms with E-state index in [0.717, 1.165) is 28.4 Å². The SMILES string of the molecule is Nc1cccc(Nc2cccc(C(=O)Nc3cccc(Nc4ccccc4)c3)c2)c1. The maximum atomic E-state index is 12.8. The first-order valence-corrected chi connectivity index (χ1v) is 9.62. The molecule has 0 aliphatic rings. The molecule has 0 fully saturated rings. The number of carbonyl (C=O) groups is 1. The van der Waals surface area contributed by atoms with Crippen molar-refractivity contribution < 1.29 is 4.79 Å². The third-order valence-electron chi connectivity index (χ3n) is 4.48. The summed E-state index contributed by atoms with van der Waals surface area (Å²) in [6.45, 7) is 0. The summed E-state index contributed by atoms with van der Waals surface area (Å²) in [6.07, 6.45) is 0. The van der Waals surface area contributed by atoms with Crippen LogP contribution in [-0.2, 0) is 0 Å². The molecule has 4 aromatic carbocycles. The quantitative estimate of drug-likeness (QED) is 0.302. The molecule has 4 rings (SSSR count). The van der Waals surface area contributed by atoms with E-state index in [1.165, 1.54) is 0 Å². The molecule has 0 aliphatic carbocycles. The van der Waals surface area contributed by atoms with E-state index in [4.69, 9.17) is 5.73 Å². The number of nitrogens with two attached hydrogens (primary N) is 1. The van der Waals surface area contributed by atoms with Gasteiger partial charge in [-0.25, -0.2) is 0 Å². The molecule has 0 saturated heterocycles. The second-order valence-electron chi connectivity index (χ2n) is 6.86. The van der Waals surface area contributed by atoms with Gasteiger partial charge in [0.15, 0.2) is 0 Å². The molecule has 0 spiro atoms. The third kappa shape index (κ3) is 4.97. The van der Waals surface area contributed by atoms with Gasteiger partial charge in [0.2, 0.25) is 0 Å². The lowest BCUT2D eigenvalue weighted by Gasteiger charge is -2.11. The molecule has 0 radical (unpaired) electrons. The normalized spacial score (nSPS) is 10.3. The molecule has 30 heavy (non-hydrogen) atoms. The highest BCUT2D eigenvalue weighted by atomic mass is 16.1. The third-order valence-corrected chi connectivity index (χ3v) is 4.48. The lowest BCUT2D eigenvalue weighted by Crippen LogP contribution is -2.12. The van der Waals surface area contributed by atoms with Gasteiger partial charge in [-0.3, -0.25) is 4.79 Å². The first-order chi connectivity index (χ1) is 14.7. The fraction of sp³-hybridized carbons (Fsp3) is 0. The van der Waals surface area contributed by atoms with Gasteiger partial charge in [-0.2, -0.15) is 0 Å². The Morgan fingerprint density at radius 2 is 1.13 bits per heavy atom. The predicted molar refractivity (Wildman–Crippen MR) is 125 cm³/mol. The standard InChI is InChI=1S/C25H22N4O/c26-19-8-5-12-22(16-19)28-21-11-4-7-18(15-21)25(30)29-24-14-6-13-23(17-24)27-20-9-2-1-3-10-20/h1-17,27-28H,26H2,(H,29,30). The Morgan fingerprint density at radius 1 is 0.567 bits per heavy atom. The van der Waals surface area contributed by atoms with E-state index >= 15 is 0 Å². The van der Waals surface area contributed by atoms with Gasteiger partial charge in [0.05, 0.1) is 0 Å². The maximum absolute atomic E-state index is 12.8. The number of anilines is 6. The molecule has 5 N–H and O–H groups in total. The second kappa shape index (κ2) is 8.84. The summed E-state index contributed by atoms with van der Waals surface area (Å²) in [5.41, 5.74) is 11.4. The van der Waals surface area contributed by atoms with E-state index in [1.54, 1.807) is 6.07 Å². The van der Waals surface area contributed by atoms with Crippen molar-refractivity contribution in [3.8, 4) is 0 Å². The number of nitrogens with one attached hydrogen (secondary N) is 3. The molecule has 5 heteroatoms. The zero-order chi connectivity index (χ0) is 20.8. The first kappa shape index (κ1) is 19.1. The highest BCUT2D eigenvalue weighted by molar-refractivity contribution is 6.05. The van der Waals surface area contributed by atoms with Crippen LogP contribution < -0.4 is 21.7 Å². The van der Waals surface area contributed by atoms with E-state index in [0.29, 0.717) is 11.3 Å². The average molecular weight is 394 g/mol. The van der Waals surface area contributed by atoms with Crippen molar-refractivity contribution in [3.05, 3.63) is 109 Å². The Hall–Kier alpha value is -4.25.